The maximum absolute atomic E-state index is 14.5. The highest BCUT2D eigenvalue weighted by molar-refractivity contribution is 5.94. The first-order chi connectivity index (χ1) is 16.5. The van der Waals surface area contributed by atoms with Crippen LogP contribution in [0.25, 0.3) is 0 Å². The number of nitrogens with one attached hydrogen (secondary N) is 1. The number of hydrogen-bond donors (Lipinski definition) is 2. The number of aromatic nitrogens is 4. The molecule has 2 aromatic heterocycles. The molecule has 2 heterocycles. The van der Waals surface area contributed by atoms with Crippen molar-refractivity contribution in [3.63, 3.8) is 0 Å². The van der Waals surface area contributed by atoms with Gasteiger partial charge in [0.1, 0.15) is 5.56 Å². The van der Waals surface area contributed by atoms with E-state index in [1.54, 1.807) is 13.8 Å². The summed E-state index contributed by atoms with van der Waals surface area (Å²) < 4.78 is 60.3. The Morgan fingerprint density at radius 2 is 1.71 bits per heavy atom. The Morgan fingerprint density at radius 1 is 1.11 bits per heavy atom. The molecule has 8 nitrogen and oxygen atoms in total. The number of ether oxygens (including phenoxy) is 1. The van der Waals surface area contributed by atoms with Gasteiger partial charge in [-0.15, -0.1) is 0 Å². The van der Waals surface area contributed by atoms with Crippen LogP contribution in [0.1, 0.15) is 63.0 Å². The van der Waals surface area contributed by atoms with Crippen LogP contribution in [0.4, 0.5) is 23.2 Å². The van der Waals surface area contributed by atoms with E-state index in [9.17, 15) is 27.5 Å². The first kappa shape index (κ1) is 29.3. The fraction of sp³-hybridized carbons (Fsp3) is 0.391. The van der Waals surface area contributed by atoms with Crippen LogP contribution >= 0.6 is 0 Å². The molecule has 2 N–H and O–H groups in total. The first-order valence-corrected chi connectivity index (χ1v) is 11.0. The van der Waals surface area contributed by atoms with E-state index in [0.29, 0.717) is 0 Å². The Labute approximate surface area is 201 Å². The van der Waals surface area contributed by atoms with Gasteiger partial charge in [0.25, 0.3) is 0 Å². The summed E-state index contributed by atoms with van der Waals surface area (Å²) in [6.45, 7) is 11.4. The number of alkyl halides is 3. The molecular formula is C23H29F4N5O3. The molecule has 35 heavy (non-hydrogen) atoms. The summed E-state index contributed by atoms with van der Waals surface area (Å²) in [6.07, 6.45) is -1.01. The van der Waals surface area contributed by atoms with Gasteiger partial charge in [-0.1, -0.05) is 27.7 Å². The summed E-state index contributed by atoms with van der Waals surface area (Å²) in [5.74, 6) is -4.07. The number of carbonyl (C=O) groups is 1. The number of rotatable bonds is 7. The number of anilines is 1. The number of pyridine rings is 1. The molecule has 0 unspecified atom stereocenters. The van der Waals surface area contributed by atoms with E-state index in [2.05, 4.69) is 20.5 Å². The van der Waals surface area contributed by atoms with Crippen LogP contribution in [-0.2, 0) is 12.7 Å². The number of nitrogens with zero attached hydrogens (tertiary/aromatic N) is 4. The highest BCUT2D eigenvalue weighted by atomic mass is 19.4. The molecule has 3 rings (SSSR count). The molecule has 0 aliphatic rings. The SMILES string of the molecule is CC.CC.CC(C)Nc1cc(F)c(Oc2ncc(Cn3nccn3)cc2C(F)(F)F)cc1C(=O)O. The van der Waals surface area contributed by atoms with Crippen molar-refractivity contribution in [1.29, 1.82) is 0 Å². The lowest BCUT2D eigenvalue weighted by atomic mass is 10.1. The van der Waals surface area contributed by atoms with Gasteiger partial charge >= 0.3 is 12.1 Å². The second-order valence-electron chi connectivity index (χ2n) is 6.79. The third-order valence-corrected chi connectivity index (χ3v) is 3.96. The fourth-order valence-electron chi connectivity index (χ4n) is 2.70. The predicted molar refractivity (Wildman–Crippen MR) is 123 cm³/mol. The van der Waals surface area contributed by atoms with Gasteiger partial charge in [0.15, 0.2) is 11.6 Å². The number of aromatic carboxylic acids is 1. The monoisotopic (exact) mass is 499 g/mol. The number of carboxylic acids is 1. The molecule has 0 bridgehead atoms. The predicted octanol–water partition coefficient (Wildman–Crippen LogP) is 6.24. The summed E-state index contributed by atoms with van der Waals surface area (Å²) >= 11 is 0. The Bertz CT molecular complexity index is 1090. The quantitative estimate of drug-likeness (QED) is 0.371. The van der Waals surface area contributed by atoms with Gasteiger partial charge in [-0.2, -0.15) is 28.2 Å². The van der Waals surface area contributed by atoms with E-state index in [0.717, 1.165) is 29.2 Å². The molecule has 0 atom stereocenters. The van der Waals surface area contributed by atoms with Crippen LogP contribution in [-0.4, -0.2) is 37.1 Å². The van der Waals surface area contributed by atoms with Crippen molar-refractivity contribution in [3.8, 4) is 11.6 Å². The number of hydrogen-bond acceptors (Lipinski definition) is 6. The van der Waals surface area contributed by atoms with Crippen LogP contribution < -0.4 is 10.1 Å². The van der Waals surface area contributed by atoms with Crippen molar-refractivity contribution in [2.75, 3.05) is 5.32 Å². The average Bonchev–Trinajstić information content (AvgIpc) is 3.31. The Balaban J connectivity index is 0.00000145. The number of carboxylic acid groups (broad SMARTS) is 1. The van der Waals surface area contributed by atoms with Crippen molar-refractivity contribution in [2.24, 2.45) is 0 Å². The van der Waals surface area contributed by atoms with Gasteiger partial charge in [0.2, 0.25) is 5.88 Å². The lowest BCUT2D eigenvalue weighted by Crippen LogP contribution is -2.14. The van der Waals surface area contributed by atoms with E-state index >= 15 is 0 Å². The van der Waals surface area contributed by atoms with E-state index in [4.69, 9.17) is 4.74 Å². The number of benzene rings is 1. The highest BCUT2D eigenvalue weighted by Gasteiger charge is 2.36. The minimum atomic E-state index is -4.86. The van der Waals surface area contributed by atoms with Gasteiger partial charge in [-0.3, -0.25) is 0 Å². The third-order valence-electron chi connectivity index (χ3n) is 3.96. The largest absolute Gasteiger partial charge is 0.478 e. The van der Waals surface area contributed by atoms with E-state index < -0.39 is 35.2 Å². The second-order valence-corrected chi connectivity index (χ2v) is 6.79. The molecule has 0 amide bonds. The molecule has 3 aromatic rings. The number of halogens is 4. The van der Waals surface area contributed by atoms with Crippen molar-refractivity contribution < 1.29 is 32.2 Å². The second kappa shape index (κ2) is 13.3. The molecule has 0 fully saturated rings. The molecule has 0 saturated heterocycles. The zero-order valence-corrected chi connectivity index (χ0v) is 20.3. The molecule has 192 valence electrons. The van der Waals surface area contributed by atoms with Crippen molar-refractivity contribution in [2.45, 2.75) is 60.3 Å². The summed E-state index contributed by atoms with van der Waals surface area (Å²) in [7, 11) is 0. The molecule has 0 aliphatic heterocycles. The topological polar surface area (TPSA) is 102 Å². The van der Waals surface area contributed by atoms with Crippen LogP contribution in [0.5, 0.6) is 11.6 Å². The zero-order valence-electron chi connectivity index (χ0n) is 20.3. The fourth-order valence-corrected chi connectivity index (χ4v) is 2.70. The molecule has 12 heteroatoms. The molecule has 1 aromatic carbocycles. The zero-order chi connectivity index (χ0) is 26.8. The molecule has 0 spiro atoms. The molecule has 0 saturated carbocycles. The third kappa shape index (κ3) is 8.23. The standard InChI is InChI=1S/C19H17F4N5O3.2C2H6/c1-10(2)27-15-7-14(20)16(6-12(15)18(29)30)31-17-13(19(21,22)23)5-11(8-24-17)9-28-25-3-4-26-28;2*1-2/h3-8,10,27H,9H2,1-2H3,(H,29,30);2*1-2H3. The summed E-state index contributed by atoms with van der Waals surface area (Å²) in [5, 5.41) is 19.8. The smallest absolute Gasteiger partial charge is 0.421 e. The lowest BCUT2D eigenvalue weighted by molar-refractivity contribution is -0.139. The van der Waals surface area contributed by atoms with Gasteiger partial charge in [0.05, 0.1) is 30.2 Å². The van der Waals surface area contributed by atoms with Crippen molar-refractivity contribution >= 4 is 11.7 Å². The van der Waals surface area contributed by atoms with Crippen LogP contribution in [0, 0.1) is 5.82 Å². The minimum absolute atomic E-state index is 0.0292. The lowest BCUT2D eigenvalue weighted by Gasteiger charge is -2.17. The first-order valence-electron chi connectivity index (χ1n) is 11.0. The average molecular weight is 500 g/mol. The maximum Gasteiger partial charge on any atom is 0.421 e. The van der Waals surface area contributed by atoms with Crippen LogP contribution in [0.2, 0.25) is 0 Å². The summed E-state index contributed by atoms with van der Waals surface area (Å²) in [4.78, 5) is 16.3. The van der Waals surface area contributed by atoms with Crippen molar-refractivity contribution in [3.05, 3.63) is 59.3 Å². The summed E-state index contributed by atoms with van der Waals surface area (Å²) in [5.41, 5.74) is -1.50. The van der Waals surface area contributed by atoms with E-state index in [1.165, 1.54) is 12.4 Å². The highest BCUT2D eigenvalue weighted by Crippen LogP contribution is 2.38. The van der Waals surface area contributed by atoms with Gasteiger partial charge in [-0.05, 0) is 25.5 Å². The van der Waals surface area contributed by atoms with Crippen LogP contribution in [0.3, 0.4) is 0 Å². The normalized spacial score (nSPS) is 10.6. The van der Waals surface area contributed by atoms with E-state index in [-0.39, 0.29) is 29.4 Å². The van der Waals surface area contributed by atoms with Gasteiger partial charge in [-0.25, -0.2) is 14.2 Å². The van der Waals surface area contributed by atoms with Crippen LogP contribution in [0.15, 0.2) is 36.8 Å². The van der Waals surface area contributed by atoms with Gasteiger partial charge in [0, 0.05) is 24.4 Å². The molecular weight excluding hydrogens is 470 g/mol. The van der Waals surface area contributed by atoms with Crippen molar-refractivity contribution in [1.82, 2.24) is 20.0 Å². The Kier molecular flexibility index (Phi) is 11.1. The van der Waals surface area contributed by atoms with Gasteiger partial charge < -0.3 is 15.2 Å². The molecule has 0 radical (unpaired) electrons. The Morgan fingerprint density at radius 3 is 2.23 bits per heavy atom. The molecule has 0 aliphatic carbocycles. The van der Waals surface area contributed by atoms with E-state index in [1.807, 2.05) is 27.7 Å². The Hall–Kier alpha value is -3.70. The maximum atomic E-state index is 14.5. The summed E-state index contributed by atoms with van der Waals surface area (Å²) in [6, 6.07) is 2.24. The minimum Gasteiger partial charge on any atom is -0.478 e.